The van der Waals surface area contributed by atoms with Crippen LogP contribution in [0.15, 0.2) is 0 Å². The smallest absolute Gasteiger partial charge is 0.0101 e. The van der Waals surface area contributed by atoms with Crippen LogP contribution in [0.3, 0.4) is 0 Å². The van der Waals surface area contributed by atoms with E-state index in [1.807, 2.05) is 0 Å². The third kappa shape index (κ3) is 2.56. The molecule has 0 aromatic heterocycles. The Morgan fingerprint density at radius 2 is 1.15 bits per heavy atom. The van der Waals surface area contributed by atoms with Crippen molar-refractivity contribution in [2.45, 2.75) is 95.6 Å². The standard InChI is InChI=1S/C19H33N/c1-3-9-16-14(6-1)8-5-10-17(16)19-13-12-15-7-2-4-11-18(15)20-19/h14-20H,1-13H2. The molecule has 0 amide bonds. The number of nitrogens with one attached hydrogen (secondary N) is 1. The first-order valence-electron chi connectivity index (χ1n) is 9.68. The fourth-order valence-electron chi connectivity index (χ4n) is 6.35. The molecule has 1 saturated heterocycles. The molecule has 1 aliphatic heterocycles. The molecular formula is C19H33N. The Morgan fingerprint density at radius 1 is 0.450 bits per heavy atom. The maximum Gasteiger partial charge on any atom is 0.0101 e. The molecule has 114 valence electrons. The molecule has 1 nitrogen and oxygen atoms in total. The lowest BCUT2D eigenvalue weighted by atomic mass is 9.62. The van der Waals surface area contributed by atoms with Crippen LogP contribution in [-0.2, 0) is 0 Å². The Bertz CT molecular complexity index is 324. The lowest BCUT2D eigenvalue weighted by Gasteiger charge is -2.49. The van der Waals surface area contributed by atoms with E-state index in [0.29, 0.717) is 0 Å². The van der Waals surface area contributed by atoms with Crippen molar-refractivity contribution in [2.75, 3.05) is 0 Å². The lowest BCUT2D eigenvalue weighted by Crippen LogP contribution is -2.54. The topological polar surface area (TPSA) is 12.0 Å². The molecule has 0 bridgehead atoms. The molecule has 1 heteroatoms. The molecule has 1 heterocycles. The average Bonchev–Trinajstić information content (AvgIpc) is 2.54. The van der Waals surface area contributed by atoms with Gasteiger partial charge in [0.15, 0.2) is 0 Å². The fourth-order valence-corrected chi connectivity index (χ4v) is 6.35. The molecule has 0 aromatic rings. The minimum absolute atomic E-state index is 0.889. The van der Waals surface area contributed by atoms with Crippen LogP contribution in [0.5, 0.6) is 0 Å². The summed E-state index contributed by atoms with van der Waals surface area (Å²) in [6.07, 6.45) is 19.8. The normalized spacial score (nSPS) is 49.2. The summed E-state index contributed by atoms with van der Waals surface area (Å²) < 4.78 is 0. The summed E-state index contributed by atoms with van der Waals surface area (Å²) in [6, 6.07) is 1.78. The van der Waals surface area contributed by atoms with Crippen molar-refractivity contribution in [2.24, 2.45) is 23.7 Å². The van der Waals surface area contributed by atoms with Gasteiger partial charge in [0, 0.05) is 12.1 Å². The van der Waals surface area contributed by atoms with Gasteiger partial charge in [-0.25, -0.2) is 0 Å². The molecule has 20 heavy (non-hydrogen) atoms. The summed E-state index contributed by atoms with van der Waals surface area (Å²) in [5.41, 5.74) is 0. The van der Waals surface area contributed by atoms with Crippen LogP contribution >= 0.6 is 0 Å². The first-order valence-corrected chi connectivity index (χ1v) is 9.68. The van der Waals surface area contributed by atoms with E-state index in [1.54, 1.807) is 19.3 Å². The molecule has 6 unspecified atom stereocenters. The fraction of sp³-hybridized carbons (Fsp3) is 1.00. The summed E-state index contributed by atoms with van der Waals surface area (Å²) in [7, 11) is 0. The van der Waals surface area contributed by atoms with Crippen LogP contribution in [0.1, 0.15) is 83.5 Å². The van der Waals surface area contributed by atoms with Gasteiger partial charge in [-0.15, -0.1) is 0 Å². The van der Waals surface area contributed by atoms with E-state index < -0.39 is 0 Å². The molecule has 0 spiro atoms. The second kappa shape index (κ2) is 5.99. The number of hydrogen-bond acceptors (Lipinski definition) is 1. The molecule has 4 aliphatic rings. The first kappa shape index (κ1) is 13.6. The lowest BCUT2D eigenvalue weighted by molar-refractivity contribution is 0.0466. The van der Waals surface area contributed by atoms with E-state index in [0.717, 1.165) is 35.8 Å². The van der Waals surface area contributed by atoms with Gasteiger partial charge in [-0.1, -0.05) is 44.9 Å². The molecule has 0 radical (unpaired) electrons. The predicted octanol–water partition coefficient (Wildman–Crippen LogP) is 4.90. The van der Waals surface area contributed by atoms with E-state index in [1.165, 1.54) is 64.2 Å². The van der Waals surface area contributed by atoms with Crippen LogP contribution in [0, 0.1) is 23.7 Å². The highest BCUT2D eigenvalue weighted by Gasteiger charge is 2.41. The highest BCUT2D eigenvalue weighted by Crippen LogP contribution is 2.47. The van der Waals surface area contributed by atoms with Gasteiger partial charge in [-0.3, -0.25) is 0 Å². The highest BCUT2D eigenvalue weighted by molar-refractivity contribution is 4.96. The predicted molar refractivity (Wildman–Crippen MR) is 84.7 cm³/mol. The Hall–Kier alpha value is -0.0400. The van der Waals surface area contributed by atoms with Crippen LogP contribution in [0.2, 0.25) is 0 Å². The van der Waals surface area contributed by atoms with Crippen molar-refractivity contribution < 1.29 is 0 Å². The van der Waals surface area contributed by atoms with Crippen molar-refractivity contribution in [3.8, 4) is 0 Å². The highest BCUT2D eigenvalue weighted by atomic mass is 15.0. The van der Waals surface area contributed by atoms with Crippen molar-refractivity contribution in [3.63, 3.8) is 0 Å². The summed E-state index contributed by atoms with van der Waals surface area (Å²) in [6.45, 7) is 0. The van der Waals surface area contributed by atoms with Crippen LogP contribution < -0.4 is 5.32 Å². The van der Waals surface area contributed by atoms with Gasteiger partial charge in [-0.05, 0) is 62.2 Å². The second-order valence-electron chi connectivity index (χ2n) is 8.30. The number of rotatable bonds is 1. The van der Waals surface area contributed by atoms with E-state index in [-0.39, 0.29) is 0 Å². The first-order chi connectivity index (χ1) is 9.92. The molecule has 3 aliphatic carbocycles. The quantitative estimate of drug-likeness (QED) is 0.717. The SMILES string of the molecule is C1CCC2NC(C3CCCC4CCCCC43)CCC2C1. The molecule has 4 rings (SSSR count). The summed E-state index contributed by atoms with van der Waals surface area (Å²) >= 11 is 0. The summed E-state index contributed by atoms with van der Waals surface area (Å²) in [5.74, 6) is 4.27. The molecule has 4 fully saturated rings. The zero-order valence-corrected chi connectivity index (χ0v) is 13.2. The summed E-state index contributed by atoms with van der Waals surface area (Å²) in [4.78, 5) is 0. The number of fused-ring (bicyclic) bond motifs is 2. The maximum atomic E-state index is 4.16. The van der Waals surface area contributed by atoms with Gasteiger partial charge in [0.05, 0.1) is 0 Å². The van der Waals surface area contributed by atoms with Gasteiger partial charge in [0.25, 0.3) is 0 Å². The maximum absolute atomic E-state index is 4.16. The molecule has 6 atom stereocenters. The Labute approximate surface area is 125 Å². The molecular weight excluding hydrogens is 242 g/mol. The zero-order chi connectivity index (χ0) is 13.4. The monoisotopic (exact) mass is 275 g/mol. The Kier molecular flexibility index (Phi) is 4.07. The van der Waals surface area contributed by atoms with Crippen LogP contribution in [0.4, 0.5) is 0 Å². The van der Waals surface area contributed by atoms with Gasteiger partial charge in [0.2, 0.25) is 0 Å². The minimum atomic E-state index is 0.889. The average molecular weight is 275 g/mol. The number of hydrogen-bond donors (Lipinski definition) is 1. The molecule has 1 N–H and O–H groups in total. The Balaban J connectivity index is 1.43. The van der Waals surface area contributed by atoms with E-state index >= 15 is 0 Å². The van der Waals surface area contributed by atoms with Crippen molar-refractivity contribution in [3.05, 3.63) is 0 Å². The third-order valence-corrected chi connectivity index (χ3v) is 7.33. The zero-order valence-electron chi connectivity index (χ0n) is 13.2. The van der Waals surface area contributed by atoms with E-state index in [4.69, 9.17) is 0 Å². The van der Waals surface area contributed by atoms with Gasteiger partial charge >= 0.3 is 0 Å². The van der Waals surface area contributed by atoms with Crippen LogP contribution in [0.25, 0.3) is 0 Å². The van der Waals surface area contributed by atoms with Gasteiger partial charge in [0.1, 0.15) is 0 Å². The third-order valence-electron chi connectivity index (χ3n) is 7.33. The van der Waals surface area contributed by atoms with E-state index in [2.05, 4.69) is 5.32 Å². The molecule has 3 saturated carbocycles. The summed E-state index contributed by atoms with van der Waals surface area (Å²) in [5, 5.41) is 4.16. The second-order valence-corrected chi connectivity index (χ2v) is 8.30. The van der Waals surface area contributed by atoms with Gasteiger partial charge < -0.3 is 5.32 Å². The van der Waals surface area contributed by atoms with Gasteiger partial charge in [-0.2, -0.15) is 0 Å². The van der Waals surface area contributed by atoms with Crippen LogP contribution in [-0.4, -0.2) is 12.1 Å². The van der Waals surface area contributed by atoms with Crippen molar-refractivity contribution in [1.29, 1.82) is 0 Å². The van der Waals surface area contributed by atoms with Crippen molar-refractivity contribution in [1.82, 2.24) is 5.32 Å². The van der Waals surface area contributed by atoms with E-state index in [9.17, 15) is 0 Å². The number of piperidine rings is 1. The minimum Gasteiger partial charge on any atom is -0.311 e. The Morgan fingerprint density at radius 3 is 2.10 bits per heavy atom. The largest absolute Gasteiger partial charge is 0.311 e. The van der Waals surface area contributed by atoms with Crippen molar-refractivity contribution >= 4 is 0 Å². The molecule has 0 aromatic carbocycles.